The largest absolute Gasteiger partial charge is 0.480 e. The molecule has 1 heterocycles. The summed E-state index contributed by atoms with van der Waals surface area (Å²) >= 11 is 5.67. The molecule has 136 valence electrons. The summed E-state index contributed by atoms with van der Waals surface area (Å²) in [5.41, 5.74) is -0.563. The first-order valence-corrected chi connectivity index (χ1v) is 8.54. The highest BCUT2D eigenvalue weighted by Crippen LogP contribution is 2.39. The zero-order valence-electron chi connectivity index (χ0n) is 13.0. The third-order valence-electron chi connectivity index (χ3n) is 3.47. The van der Waals surface area contributed by atoms with Gasteiger partial charge in [0, 0.05) is 23.7 Å². The molecule has 1 aromatic heterocycles. The van der Waals surface area contributed by atoms with Crippen LogP contribution in [0.4, 0.5) is 13.2 Å². The molecule has 0 N–H and O–H groups in total. The van der Waals surface area contributed by atoms with Crippen LogP contribution in [-0.4, -0.2) is 43.5 Å². The number of benzene rings is 1. The normalized spacial score (nSPS) is 14.6. The molecule has 0 fully saturated rings. The van der Waals surface area contributed by atoms with E-state index in [-0.39, 0.29) is 15.2 Å². The highest BCUT2D eigenvalue weighted by Gasteiger charge is 2.51. The number of hydrogen-bond acceptors (Lipinski definition) is 5. The van der Waals surface area contributed by atoms with Crippen LogP contribution in [0.15, 0.2) is 41.4 Å². The third kappa shape index (κ3) is 3.55. The second kappa shape index (κ2) is 7.14. The molecule has 0 aliphatic carbocycles. The molecule has 0 aliphatic rings. The van der Waals surface area contributed by atoms with Crippen molar-refractivity contribution < 1.29 is 26.3 Å². The van der Waals surface area contributed by atoms with Gasteiger partial charge in [0.25, 0.3) is 12.2 Å². The Balaban J connectivity index is 2.56. The van der Waals surface area contributed by atoms with E-state index in [4.69, 9.17) is 16.3 Å². The summed E-state index contributed by atoms with van der Waals surface area (Å²) < 4.78 is 72.2. The standard InChI is InChI=1S/C14H13ClF3N3O3S/c1-21(25(22,23)11-7-12(24-2)20-19-8-11)14(18,13(16)17)9-3-5-10(15)6-4-9/h3-8,13H,1-2H3. The predicted octanol–water partition coefficient (Wildman–Crippen LogP) is 2.85. The van der Waals surface area contributed by atoms with Crippen molar-refractivity contribution in [2.24, 2.45) is 0 Å². The lowest BCUT2D eigenvalue weighted by Gasteiger charge is -2.33. The molecule has 25 heavy (non-hydrogen) atoms. The van der Waals surface area contributed by atoms with E-state index >= 15 is 4.39 Å². The Morgan fingerprint density at radius 2 is 1.88 bits per heavy atom. The van der Waals surface area contributed by atoms with Crippen molar-refractivity contribution in [3.8, 4) is 5.88 Å². The Labute approximate surface area is 147 Å². The van der Waals surface area contributed by atoms with Crippen molar-refractivity contribution in [1.29, 1.82) is 0 Å². The van der Waals surface area contributed by atoms with Gasteiger partial charge in [-0.1, -0.05) is 23.7 Å². The van der Waals surface area contributed by atoms with Gasteiger partial charge >= 0.3 is 0 Å². The number of alkyl halides is 3. The zero-order valence-corrected chi connectivity index (χ0v) is 14.6. The lowest BCUT2D eigenvalue weighted by atomic mass is 10.1. The van der Waals surface area contributed by atoms with Crippen molar-refractivity contribution in [3.63, 3.8) is 0 Å². The number of rotatable bonds is 6. The lowest BCUT2D eigenvalue weighted by Crippen LogP contribution is -2.48. The summed E-state index contributed by atoms with van der Waals surface area (Å²) in [5.74, 6) is -3.78. The third-order valence-corrected chi connectivity index (χ3v) is 5.53. The van der Waals surface area contributed by atoms with Crippen LogP contribution in [0.3, 0.4) is 0 Å². The molecule has 0 bridgehead atoms. The molecular weight excluding hydrogens is 383 g/mol. The quantitative estimate of drug-likeness (QED) is 0.703. The number of ether oxygens (including phenoxy) is 1. The van der Waals surface area contributed by atoms with E-state index in [0.29, 0.717) is 7.05 Å². The van der Waals surface area contributed by atoms with Gasteiger partial charge in [0.2, 0.25) is 15.9 Å². The van der Waals surface area contributed by atoms with Gasteiger partial charge in [-0.2, -0.15) is 9.40 Å². The van der Waals surface area contributed by atoms with Crippen molar-refractivity contribution in [2.75, 3.05) is 14.2 Å². The topological polar surface area (TPSA) is 72.4 Å². The summed E-state index contributed by atoms with van der Waals surface area (Å²) in [5, 5.41) is 7.08. The lowest BCUT2D eigenvalue weighted by molar-refractivity contribution is -0.104. The highest BCUT2D eigenvalue weighted by atomic mass is 35.5. The summed E-state index contributed by atoms with van der Waals surface area (Å²) in [4.78, 5) is -0.543. The zero-order chi connectivity index (χ0) is 18.8. The Morgan fingerprint density at radius 3 is 2.40 bits per heavy atom. The molecule has 1 unspecified atom stereocenters. The van der Waals surface area contributed by atoms with Gasteiger partial charge in [-0.25, -0.2) is 21.6 Å². The summed E-state index contributed by atoms with van der Waals surface area (Å²) in [6.45, 7) is 0. The van der Waals surface area contributed by atoms with Gasteiger partial charge in [0.1, 0.15) is 4.90 Å². The molecule has 0 aliphatic heterocycles. The minimum atomic E-state index is -4.67. The molecule has 0 saturated carbocycles. The fourth-order valence-corrected chi connectivity index (χ4v) is 3.44. The number of aromatic nitrogens is 2. The van der Waals surface area contributed by atoms with Crippen molar-refractivity contribution in [3.05, 3.63) is 47.1 Å². The average molecular weight is 396 g/mol. The summed E-state index contributed by atoms with van der Waals surface area (Å²) in [6.07, 6.45) is -2.85. The average Bonchev–Trinajstić information content (AvgIpc) is 2.60. The van der Waals surface area contributed by atoms with Crippen LogP contribution in [0.25, 0.3) is 0 Å². The molecule has 0 amide bonds. The first-order chi connectivity index (χ1) is 11.6. The second-order valence-electron chi connectivity index (χ2n) is 4.89. The molecule has 2 aromatic rings. The first-order valence-electron chi connectivity index (χ1n) is 6.73. The fraction of sp³-hybridized carbons (Fsp3) is 0.286. The molecule has 11 heteroatoms. The summed E-state index contributed by atoms with van der Waals surface area (Å²) in [7, 11) is -2.74. The van der Waals surface area contributed by atoms with E-state index in [1.165, 1.54) is 19.2 Å². The van der Waals surface area contributed by atoms with Crippen molar-refractivity contribution >= 4 is 21.6 Å². The maximum Gasteiger partial charge on any atom is 0.290 e. The first kappa shape index (κ1) is 19.4. The predicted molar refractivity (Wildman–Crippen MR) is 83.8 cm³/mol. The Bertz CT molecular complexity index is 852. The van der Waals surface area contributed by atoms with Gasteiger partial charge in [-0.05, 0) is 12.1 Å². The Kier molecular flexibility index (Phi) is 5.55. The van der Waals surface area contributed by atoms with Crippen LogP contribution in [-0.2, 0) is 15.8 Å². The Morgan fingerprint density at radius 1 is 1.28 bits per heavy atom. The van der Waals surface area contributed by atoms with Crippen LogP contribution < -0.4 is 4.74 Å². The fourth-order valence-electron chi connectivity index (χ4n) is 2.03. The molecule has 6 nitrogen and oxygen atoms in total. The molecule has 0 saturated heterocycles. The van der Waals surface area contributed by atoms with E-state index in [0.717, 1.165) is 24.4 Å². The maximum atomic E-state index is 15.2. The van der Waals surface area contributed by atoms with Crippen LogP contribution in [0.1, 0.15) is 5.56 Å². The minimum Gasteiger partial charge on any atom is -0.480 e. The number of nitrogens with zero attached hydrogens (tertiary/aromatic N) is 3. The van der Waals surface area contributed by atoms with Crippen molar-refractivity contribution in [2.45, 2.75) is 17.1 Å². The minimum absolute atomic E-state index is 0.0512. The van der Waals surface area contributed by atoms with Gasteiger partial charge < -0.3 is 4.74 Å². The maximum absolute atomic E-state index is 15.2. The van der Waals surface area contributed by atoms with E-state index in [9.17, 15) is 17.2 Å². The monoisotopic (exact) mass is 395 g/mol. The van der Waals surface area contributed by atoms with Gasteiger partial charge in [-0.3, -0.25) is 0 Å². The molecular formula is C14H13ClF3N3O3S. The molecule has 2 rings (SSSR count). The van der Waals surface area contributed by atoms with Crippen LogP contribution >= 0.6 is 11.6 Å². The van der Waals surface area contributed by atoms with E-state index < -0.39 is 32.7 Å². The molecule has 1 aromatic carbocycles. The SMILES string of the molecule is COc1cc(S(=O)(=O)N(C)C(F)(c2ccc(Cl)cc2)C(F)F)cnn1. The van der Waals surface area contributed by atoms with Gasteiger partial charge in [0.15, 0.2) is 0 Å². The van der Waals surface area contributed by atoms with Crippen molar-refractivity contribution in [1.82, 2.24) is 14.5 Å². The summed E-state index contributed by atoms with van der Waals surface area (Å²) in [6, 6.07) is 5.31. The number of sulfonamides is 1. The van der Waals surface area contributed by atoms with E-state index in [1.54, 1.807) is 0 Å². The van der Waals surface area contributed by atoms with E-state index in [2.05, 4.69) is 10.2 Å². The molecule has 0 spiro atoms. The van der Waals surface area contributed by atoms with Gasteiger partial charge in [-0.15, -0.1) is 5.10 Å². The highest BCUT2D eigenvalue weighted by molar-refractivity contribution is 7.89. The number of hydrogen-bond donors (Lipinski definition) is 0. The number of methoxy groups -OCH3 is 1. The molecule has 1 atom stereocenters. The second-order valence-corrected chi connectivity index (χ2v) is 7.29. The van der Waals surface area contributed by atoms with Crippen LogP contribution in [0.5, 0.6) is 5.88 Å². The van der Waals surface area contributed by atoms with Crippen LogP contribution in [0, 0.1) is 0 Å². The molecule has 0 radical (unpaired) electrons. The number of halogens is 4. The Hall–Kier alpha value is -1.91. The smallest absolute Gasteiger partial charge is 0.290 e. The van der Waals surface area contributed by atoms with Crippen LogP contribution in [0.2, 0.25) is 5.02 Å². The van der Waals surface area contributed by atoms with E-state index in [1.807, 2.05) is 0 Å². The van der Waals surface area contributed by atoms with Gasteiger partial charge in [0.05, 0.1) is 13.3 Å².